The summed E-state index contributed by atoms with van der Waals surface area (Å²) in [7, 11) is 0. The molecule has 0 unspecified atom stereocenters. The Bertz CT molecular complexity index is 632. The zero-order valence-electron chi connectivity index (χ0n) is 10.1. The van der Waals surface area contributed by atoms with Crippen LogP contribution in [0.3, 0.4) is 0 Å². The minimum atomic E-state index is -0.200. The number of rotatable bonds is 3. The van der Waals surface area contributed by atoms with Crippen LogP contribution in [-0.2, 0) is 4.79 Å². The molecule has 1 N–H and O–H groups in total. The number of carbonyl (C=O) groups excluding carboxylic acids is 1. The average molecular weight is 385 g/mol. The van der Waals surface area contributed by atoms with E-state index in [1.165, 1.54) is 6.08 Å². The third-order valence-corrected chi connectivity index (χ3v) is 3.73. The molecule has 1 heterocycles. The predicted octanol–water partition coefficient (Wildman–Crippen LogP) is 4.76. The van der Waals surface area contributed by atoms with Crippen molar-refractivity contribution in [2.24, 2.45) is 0 Å². The second-order valence-electron chi connectivity index (χ2n) is 3.93. The van der Waals surface area contributed by atoms with E-state index in [9.17, 15) is 4.79 Å². The maximum absolute atomic E-state index is 11.7. The van der Waals surface area contributed by atoms with Gasteiger partial charge in [0, 0.05) is 16.2 Å². The van der Waals surface area contributed by atoms with Crippen LogP contribution in [0.5, 0.6) is 0 Å². The molecule has 0 saturated carbocycles. The van der Waals surface area contributed by atoms with E-state index >= 15 is 0 Å². The zero-order chi connectivity index (χ0) is 13.8. The molecule has 0 aliphatic carbocycles. The van der Waals surface area contributed by atoms with Crippen LogP contribution in [0, 0.1) is 6.92 Å². The van der Waals surface area contributed by atoms with Gasteiger partial charge in [-0.1, -0.05) is 15.9 Å². The number of halogens is 2. The number of anilines is 1. The highest BCUT2D eigenvalue weighted by Gasteiger charge is 2.01. The summed E-state index contributed by atoms with van der Waals surface area (Å²) < 4.78 is 6.91. The molecule has 0 spiro atoms. The third-order valence-electron chi connectivity index (χ3n) is 2.42. The second kappa shape index (κ2) is 6.21. The molecule has 0 saturated heterocycles. The predicted molar refractivity (Wildman–Crippen MR) is 83.0 cm³/mol. The van der Waals surface area contributed by atoms with Crippen molar-refractivity contribution in [3.63, 3.8) is 0 Å². The Labute approximate surface area is 127 Å². The van der Waals surface area contributed by atoms with Crippen LogP contribution in [0.4, 0.5) is 5.69 Å². The second-order valence-corrected chi connectivity index (χ2v) is 5.56. The summed E-state index contributed by atoms with van der Waals surface area (Å²) in [6, 6.07) is 9.19. The number of furan rings is 1. The number of benzene rings is 1. The third kappa shape index (κ3) is 4.08. The Morgan fingerprint density at radius 3 is 2.68 bits per heavy atom. The molecule has 2 aromatic rings. The lowest BCUT2D eigenvalue weighted by Gasteiger charge is -2.04. The summed E-state index contributed by atoms with van der Waals surface area (Å²) in [4.78, 5) is 11.7. The van der Waals surface area contributed by atoms with Crippen LogP contribution >= 0.6 is 31.9 Å². The van der Waals surface area contributed by atoms with Gasteiger partial charge in [0.25, 0.3) is 0 Å². The molecule has 19 heavy (non-hydrogen) atoms. The fraction of sp³-hybridized carbons (Fsp3) is 0.0714. The van der Waals surface area contributed by atoms with E-state index in [4.69, 9.17) is 4.42 Å². The Kier molecular flexibility index (Phi) is 4.61. The van der Waals surface area contributed by atoms with Crippen molar-refractivity contribution in [2.75, 3.05) is 5.32 Å². The average Bonchev–Trinajstić information content (AvgIpc) is 2.77. The molecular weight excluding hydrogens is 374 g/mol. The van der Waals surface area contributed by atoms with Crippen LogP contribution in [0.15, 0.2) is 50.0 Å². The zero-order valence-corrected chi connectivity index (χ0v) is 13.3. The van der Waals surface area contributed by atoms with Crippen molar-refractivity contribution < 1.29 is 9.21 Å². The van der Waals surface area contributed by atoms with Gasteiger partial charge in [-0.2, -0.15) is 0 Å². The van der Waals surface area contributed by atoms with Crippen molar-refractivity contribution >= 4 is 49.5 Å². The number of aryl methyl sites for hydroxylation is 1. The normalized spacial score (nSPS) is 10.9. The van der Waals surface area contributed by atoms with Gasteiger partial charge >= 0.3 is 0 Å². The van der Waals surface area contributed by atoms with Gasteiger partial charge in [0.2, 0.25) is 5.91 Å². The molecule has 0 fully saturated rings. The van der Waals surface area contributed by atoms with Crippen LogP contribution in [0.25, 0.3) is 6.08 Å². The number of carbonyl (C=O) groups is 1. The van der Waals surface area contributed by atoms with Gasteiger partial charge < -0.3 is 9.73 Å². The standard InChI is InChI=1S/C14H11Br2NO2/c1-9-8-10(2-5-12(9)15)17-14(18)7-4-11-3-6-13(16)19-11/h2-8H,1H3,(H,17,18)/b7-4+. The van der Waals surface area contributed by atoms with Crippen molar-refractivity contribution in [1.29, 1.82) is 0 Å². The fourth-order valence-corrected chi connectivity index (χ4v) is 2.05. The van der Waals surface area contributed by atoms with Crippen molar-refractivity contribution in [1.82, 2.24) is 0 Å². The minimum Gasteiger partial charge on any atom is -0.450 e. The first-order chi connectivity index (χ1) is 9.04. The smallest absolute Gasteiger partial charge is 0.248 e. The van der Waals surface area contributed by atoms with Gasteiger partial charge in [0.05, 0.1) is 0 Å². The molecule has 0 radical (unpaired) electrons. The maximum atomic E-state index is 11.7. The van der Waals surface area contributed by atoms with Crippen molar-refractivity contribution in [2.45, 2.75) is 6.92 Å². The highest BCUT2D eigenvalue weighted by Crippen LogP contribution is 2.20. The van der Waals surface area contributed by atoms with Crippen LogP contribution in [0.2, 0.25) is 0 Å². The van der Waals surface area contributed by atoms with E-state index in [2.05, 4.69) is 37.2 Å². The van der Waals surface area contributed by atoms with E-state index < -0.39 is 0 Å². The molecule has 0 atom stereocenters. The molecule has 5 heteroatoms. The fourth-order valence-electron chi connectivity index (χ4n) is 1.48. The lowest BCUT2D eigenvalue weighted by atomic mass is 10.2. The first-order valence-electron chi connectivity index (χ1n) is 5.55. The summed E-state index contributed by atoms with van der Waals surface area (Å²) in [5.41, 5.74) is 1.83. The molecule has 3 nitrogen and oxygen atoms in total. The van der Waals surface area contributed by atoms with Crippen molar-refractivity contribution in [3.05, 3.63) is 56.9 Å². The first kappa shape index (κ1) is 14.1. The summed E-state index contributed by atoms with van der Waals surface area (Å²) in [6.07, 6.45) is 3.05. The molecule has 0 aliphatic heterocycles. The quantitative estimate of drug-likeness (QED) is 0.774. The highest BCUT2D eigenvalue weighted by atomic mass is 79.9. The molecule has 1 amide bonds. The van der Waals surface area contributed by atoms with E-state index in [1.54, 1.807) is 18.2 Å². The summed E-state index contributed by atoms with van der Waals surface area (Å²) in [5.74, 6) is 0.420. The van der Waals surface area contributed by atoms with Gasteiger partial charge in [-0.3, -0.25) is 4.79 Å². The van der Waals surface area contributed by atoms with Crippen LogP contribution in [0.1, 0.15) is 11.3 Å². The highest BCUT2D eigenvalue weighted by molar-refractivity contribution is 9.10. The largest absolute Gasteiger partial charge is 0.450 e. The Hall–Kier alpha value is -1.33. The van der Waals surface area contributed by atoms with E-state index in [1.807, 2.05) is 25.1 Å². The lowest BCUT2D eigenvalue weighted by molar-refractivity contribution is -0.111. The van der Waals surface area contributed by atoms with Gasteiger partial charge in [0.15, 0.2) is 4.67 Å². The Balaban J connectivity index is 2.01. The van der Waals surface area contributed by atoms with Gasteiger partial charge in [-0.25, -0.2) is 0 Å². The summed E-state index contributed by atoms with van der Waals surface area (Å²) in [6.45, 7) is 1.97. The number of hydrogen-bond donors (Lipinski definition) is 1. The Morgan fingerprint density at radius 2 is 2.05 bits per heavy atom. The topological polar surface area (TPSA) is 42.2 Å². The van der Waals surface area contributed by atoms with Crippen LogP contribution < -0.4 is 5.32 Å². The maximum Gasteiger partial charge on any atom is 0.248 e. The minimum absolute atomic E-state index is 0.200. The van der Waals surface area contributed by atoms with Gasteiger partial charge in [-0.05, 0) is 64.8 Å². The van der Waals surface area contributed by atoms with Crippen LogP contribution in [-0.4, -0.2) is 5.91 Å². The molecule has 0 aliphatic rings. The monoisotopic (exact) mass is 383 g/mol. The summed E-state index contributed by atoms with van der Waals surface area (Å²) >= 11 is 6.62. The molecule has 1 aromatic carbocycles. The molecule has 1 aromatic heterocycles. The van der Waals surface area contributed by atoms with Gasteiger partial charge in [-0.15, -0.1) is 0 Å². The number of hydrogen-bond acceptors (Lipinski definition) is 2. The lowest BCUT2D eigenvalue weighted by Crippen LogP contribution is -2.07. The number of nitrogens with one attached hydrogen (secondary N) is 1. The van der Waals surface area contributed by atoms with Crippen molar-refractivity contribution in [3.8, 4) is 0 Å². The number of amides is 1. The summed E-state index contributed by atoms with van der Waals surface area (Å²) in [5, 5.41) is 2.79. The first-order valence-corrected chi connectivity index (χ1v) is 7.14. The van der Waals surface area contributed by atoms with E-state index in [0.717, 1.165) is 15.7 Å². The van der Waals surface area contributed by atoms with E-state index in [0.29, 0.717) is 10.4 Å². The van der Waals surface area contributed by atoms with E-state index in [-0.39, 0.29) is 5.91 Å². The SMILES string of the molecule is Cc1cc(NC(=O)/C=C/c2ccc(Br)o2)ccc1Br. The molecule has 0 bridgehead atoms. The molecule has 98 valence electrons. The molecular formula is C14H11Br2NO2. The van der Waals surface area contributed by atoms with Gasteiger partial charge in [0.1, 0.15) is 5.76 Å². The Morgan fingerprint density at radius 1 is 1.26 bits per heavy atom. The molecule has 2 rings (SSSR count).